The molecule has 1 aliphatic carbocycles. The highest BCUT2D eigenvalue weighted by Crippen LogP contribution is 2.30. The molecular formula is C12H20N4O. The van der Waals surface area contributed by atoms with Crippen molar-refractivity contribution in [3.05, 3.63) is 12.2 Å². The fourth-order valence-electron chi connectivity index (χ4n) is 2.61. The van der Waals surface area contributed by atoms with Gasteiger partial charge in [-0.3, -0.25) is 9.89 Å². The number of amides is 1. The molecule has 17 heavy (non-hydrogen) atoms. The van der Waals surface area contributed by atoms with Gasteiger partial charge in [0.25, 0.3) is 5.91 Å². The third-order valence-corrected chi connectivity index (χ3v) is 3.51. The number of aromatic nitrogens is 3. The fourth-order valence-corrected chi connectivity index (χ4v) is 2.61. The number of hydrogen-bond donors (Lipinski definition) is 2. The average molecular weight is 236 g/mol. The van der Waals surface area contributed by atoms with Crippen LogP contribution in [0.2, 0.25) is 0 Å². The molecule has 1 heterocycles. The first-order valence-electron chi connectivity index (χ1n) is 6.39. The molecule has 2 unspecified atom stereocenters. The van der Waals surface area contributed by atoms with Crippen molar-refractivity contribution in [3.8, 4) is 0 Å². The molecule has 2 N–H and O–H groups in total. The van der Waals surface area contributed by atoms with Gasteiger partial charge in [-0.05, 0) is 24.7 Å². The molecule has 0 bridgehead atoms. The molecule has 5 nitrogen and oxygen atoms in total. The molecule has 1 aromatic heterocycles. The normalized spacial score (nSPS) is 24.5. The van der Waals surface area contributed by atoms with Gasteiger partial charge in [0.2, 0.25) is 5.82 Å². The summed E-state index contributed by atoms with van der Waals surface area (Å²) < 4.78 is 0. The van der Waals surface area contributed by atoms with Crippen molar-refractivity contribution in [2.75, 3.05) is 6.54 Å². The Balaban J connectivity index is 1.67. The quantitative estimate of drug-likeness (QED) is 0.836. The molecule has 2 rings (SSSR count). The third-order valence-electron chi connectivity index (χ3n) is 3.51. The summed E-state index contributed by atoms with van der Waals surface area (Å²) in [6.45, 7) is 3.05. The third kappa shape index (κ3) is 3.54. The molecule has 5 heteroatoms. The van der Waals surface area contributed by atoms with Crippen LogP contribution in [0.1, 0.15) is 49.6 Å². The molecular weight excluding hydrogens is 216 g/mol. The van der Waals surface area contributed by atoms with Crippen LogP contribution in [-0.4, -0.2) is 27.6 Å². The topological polar surface area (TPSA) is 70.7 Å². The summed E-state index contributed by atoms with van der Waals surface area (Å²) >= 11 is 0. The molecule has 1 amide bonds. The number of carbonyl (C=O) groups excluding carboxylic acids is 1. The van der Waals surface area contributed by atoms with Crippen LogP contribution in [0.5, 0.6) is 0 Å². The van der Waals surface area contributed by atoms with Crippen molar-refractivity contribution in [2.24, 2.45) is 11.8 Å². The summed E-state index contributed by atoms with van der Waals surface area (Å²) in [7, 11) is 0. The monoisotopic (exact) mass is 236 g/mol. The van der Waals surface area contributed by atoms with Crippen LogP contribution in [0.3, 0.4) is 0 Å². The number of rotatable bonds is 4. The number of nitrogens with zero attached hydrogens (tertiary/aromatic N) is 2. The maximum absolute atomic E-state index is 11.6. The van der Waals surface area contributed by atoms with Crippen molar-refractivity contribution in [2.45, 2.75) is 39.0 Å². The van der Waals surface area contributed by atoms with Crippen LogP contribution < -0.4 is 5.32 Å². The molecule has 1 aromatic rings. The fraction of sp³-hybridized carbons (Fsp3) is 0.750. The van der Waals surface area contributed by atoms with Crippen LogP contribution in [0.4, 0.5) is 0 Å². The highest BCUT2D eigenvalue weighted by atomic mass is 16.2. The average Bonchev–Trinajstić information content (AvgIpc) is 2.82. The number of aromatic amines is 1. The van der Waals surface area contributed by atoms with Gasteiger partial charge < -0.3 is 5.32 Å². The van der Waals surface area contributed by atoms with Crippen LogP contribution >= 0.6 is 0 Å². The van der Waals surface area contributed by atoms with Gasteiger partial charge in [-0.15, -0.1) is 0 Å². The van der Waals surface area contributed by atoms with Gasteiger partial charge in [0.1, 0.15) is 6.33 Å². The predicted molar refractivity (Wildman–Crippen MR) is 64.5 cm³/mol. The molecule has 94 valence electrons. The van der Waals surface area contributed by atoms with E-state index in [1.807, 2.05) is 0 Å². The van der Waals surface area contributed by atoms with Gasteiger partial charge >= 0.3 is 0 Å². The second-order valence-electron chi connectivity index (χ2n) is 5.02. The van der Waals surface area contributed by atoms with Crippen molar-refractivity contribution < 1.29 is 4.79 Å². The van der Waals surface area contributed by atoms with E-state index in [0.717, 1.165) is 24.8 Å². The zero-order valence-electron chi connectivity index (χ0n) is 10.3. The summed E-state index contributed by atoms with van der Waals surface area (Å²) in [4.78, 5) is 15.4. The second kappa shape index (κ2) is 5.80. The lowest BCUT2D eigenvalue weighted by molar-refractivity contribution is 0.0939. The van der Waals surface area contributed by atoms with E-state index in [1.54, 1.807) is 0 Å². The number of H-pyrrole nitrogens is 1. The Morgan fingerprint density at radius 3 is 3.18 bits per heavy atom. The first-order chi connectivity index (χ1) is 8.25. The highest BCUT2D eigenvalue weighted by molar-refractivity contribution is 5.90. The second-order valence-corrected chi connectivity index (χ2v) is 5.02. The van der Waals surface area contributed by atoms with E-state index in [1.165, 1.54) is 32.0 Å². The largest absolute Gasteiger partial charge is 0.349 e. The SMILES string of the molecule is CC1CCCC(CCNC(=O)c2ncn[nH]2)C1. The van der Waals surface area contributed by atoms with Crippen LogP contribution in [0.25, 0.3) is 0 Å². The molecule has 0 saturated heterocycles. The summed E-state index contributed by atoms with van der Waals surface area (Å²) in [6, 6.07) is 0. The van der Waals surface area contributed by atoms with E-state index in [-0.39, 0.29) is 5.91 Å². The molecule has 0 aliphatic heterocycles. The molecule has 0 radical (unpaired) electrons. The summed E-state index contributed by atoms with van der Waals surface area (Å²) in [5, 5.41) is 9.09. The standard InChI is InChI=1S/C12H20N4O/c1-9-3-2-4-10(7-9)5-6-13-12(17)11-14-8-15-16-11/h8-10H,2-7H2,1H3,(H,13,17)(H,14,15,16). The minimum absolute atomic E-state index is 0.161. The van der Waals surface area contributed by atoms with Gasteiger partial charge in [0.15, 0.2) is 0 Å². The molecule has 1 saturated carbocycles. The van der Waals surface area contributed by atoms with Crippen LogP contribution in [-0.2, 0) is 0 Å². The van der Waals surface area contributed by atoms with E-state index in [4.69, 9.17) is 0 Å². The minimum Gasteiger partial charge on any atom is -0.349 e. The number of hydrogen-bond acceptors (Lipinski definition) is 3. The van der Waals surface area contributed by atoms with E-state index in [0.29, 0.717) is 5.82 Å². The first kappa shape index (κ1) is 12.1. The van der Waals surface area contributed by atoms with Gasteiger partial charge in [0.05, 0.1) is 0 Å². The Morgan fingerprint density at radius 2 is 2.47 bits per heavy atom. The van der Waals surface area contributed by atoms with E-state index in [2.05, 4.69) is 27.4 Å². The van der Waals surface area contributed by atoms with E-state index < -0.39 is 0 Å². The Morgan fingerprint density at radius 1 is 1.59 bits per heavy atom. The van der Waals surface area contributed by atoms with Gasteiger partial charge in [-0.1, -0.05) is 26.2 Å². The van der Waals surface area contributed by atoms with E-state index >= 15 is 0 Å². The van der Waals surface area contributed by atoms with Crippen molar-refractivity contribution in [3.63, 3.8) is 0 Å². The minimum atomic E-state index is -0.161. The maximum Gasteiger partial charge on any atom is 0.288 e. The lowest BCUT2D eigenvalue weighted by Crippen LogP contribution is -2.28. The molecule has 0 aromatic carbocycles. The summed E-state index contributed by atoms with van der Waals surface area (Å²) in [6.07, 6.45) is 7.73. The van der Waals surface area contributed by atoms with Crippen molar-refractivity contribution in [1.29, 1.82) is 0 Å². The molecule has 2 atom stereocenters. The Hall–Kier alpha value is -1.39. The zero-order valence-corrected chi connectivity index (χ0v) is 10.3. The smallest absolute Gasteiger partial charge is 0.288 e. The highest BCUT2D eigenvalue weighted by Gasteiger charge is 2.18. The number of nitrogens with one attached hydrogen (secondary N) is 2. The maximum atomic E-state index is 11.6. The predicted octanol–water partition coefficient (Wildman–Crippen LogP) is 1.75. The Labute approximate surface area is 101 Å². The molecule has 1 aliphatic rings. The Bertz CT molecular complexity index is 349. The molecule has 0 spiro atoms. The van der Waals surface area contributed by atoms with Crippen LogP contribution in [0, 0.1) is 11.8 Å². The summed E-state index contributed by atoms with van der Waals surface area (Å²) in [5.41, 5.74) is 0. The molecule has 1 fully saturated rings. The van der Waals surface area contributed by atoms with Crippen molar-refractivity contribution >= 4 is 5.91 Å². The lowest BCUT2D eigenvalue weighted by atomic mass is 9.81. The van der Waals surface area contributed by atoms with Crippen LogP contribution in [0.15, 0.2) is 6.33 Å². The zero-order chi connectivity index (χ0) is 12.1. The van der Waals surface area contributed by atoms with E-state index in [9.17, 15) is 4.79 Å². The summed E-state index contributed by atoms with van der Waals surface area (Å²) in [5.74, 6) is 1.75. The number of carbonyl (C=O) groups is 1. The van der Waals surface area contributed by atoms with Gasteiger partial charge in [0, 0.05) is 6.54 Å². The first-order valence-corrected chi connectivity index (χ1v) is 6.39. The lowest BCUT2D eigenvalue weighted by Gasteiger charge is -2.26. The Kier molecular flexibility index (Phi) is 4.12. The van der Waals surface area contributed by atoms with Gasteiger partial charge in [-0.25, -0.2) is 4.98 Å². The van der Waals surface area contributed by atoms with Gasteiger partial charge in [-0.2, -0.15) is 5.10 Å². The van der Waals surface area contributed by atoms with Crippen molar-refractivity contribution in [1.82, 2.24) is 20.5 Å².